The lowest BCUT2D eigenvalue weighted by atomic mass is 10.0. The number of fused-ring (bicyclic) bond motifs is 1. The molecule has 0 fully saturated rings. The smallest absolute Gasteiger partial charge is 0.177 e. The first kappa shape index (κ1) is 10.1. The predicted molar refractivity (Wildman–Crippen MR) is 60.6 cm³/mol. The summed E-state index contributed by atoms with van der Waals surface area (Å²) in [6.45, 7) is 2.79. The van der Waals surface area contributed by atoms with Crippen molar-refractivity contribution in [1.82, 2.24) is 15.0 Å². The van der Waals surface area contributed by atoms with Gasteiger partial charge in [0.05, 0.1) is 5.52 Å². The largest absolute Gasteiger partial charge is 0.340 e. The van der Waals surface area contributed by atoms with E-state index in [1.54, 1.807) is 6.20 Å². The van der Waals surface area contributed by atoms with Crippen molar-refractivity contribution in [2.45, 2.75) is 25.7 Å². The highest BCUT2D eigenvalue weighted by Gasteiger charge is 2.13. The normalized spacial score (nSPS) is 13.2. The zero-order chi connectivity index (χ0) is 10.7. The SMILES string of the molecule is CCCC(CN)c1nc2ncccc2[nH]1. The molecule has 0 aliphatic rings. The van der Waals surface area contributed by atoms with Gasteiger partial charge in [-0.05, 0) is 18.6 Å². The van der Waals surface area contributed by atoms with E-state index in [0.29, 0.717) is 12.5 Å². The topological polar surface area (TPSA) is 67.6 Å². The van der Waals surface area contributed by atoms with Crippen LogP contribution in [-0.4, -0.2) is 21.5 Å². The highest BCUT2D eigenvalue weighted by atomic mass is 15.0. The van der Waals surface area contributed by atoms with Gasteiger partial charge in [0, 0.05) is 18.7 Å². The molecule has 2 aromatic heterocycles. The van der Waals surface area contributed by atoms with E-state index >= 15 is 0 Å². The first-order chi connectivity index (χ1) is 7.35. The van der Waals surface area contributed by atoms with Crippen LogP contribution in [0.5, 0.6) is 0 Å². The minimum Gasteiger partial charge on any atom is -0.340 e. The van der Waals surface area contributed by atoms with Gasteiger partial charge in [-0.15, -0.1) is 0 Å². The molecule has 0 aliphatic heterocycles. The van der Waals surface area contributed by atoms with E-state index in [2.05, 4.69) is 21.9 Å². The summed E-state index contributed by atoms with van der Waals surface area (Å²) in [6.07, 6.45) is 3.94. The number of imidazole rings is 1. The Morgan fingerprint density at radius 2 is 2.40 bits per heavy atom. The third-order valence-corrected chi connectivity index (χ3v) is 2.58. The van der Waals surface area contributed by atoms with Gasteiger partial charge in [-0.25, -0.2) is 9.97 Å². The Morgan fingerprint density at radius 1 is 1.53 bits per heavy atom. The van der Waals surface area contributed by atoms with E-state index in [9.17, 15) is 0 Å². The fourth-order valence-corrected chi connectivity index (χ4v) is 1.77. The summed E-state index contributed by atoms with van der Waals surface area (Å²) in [5, 5.41) is 0. The summed E-state index contributed by atoms with van der Waals surface area (Å²) in [5.74, 6) is 1.29. The molecule has 1 unspecified atom stereocenters. The maximum Gasteiger partial charge on any atom is 0.177 e. The van der Waals surface area contributed by atoms with Gasteiger partial charge in [-0.1, -0.05) is 13.3 Å². The van der Waals surface area contributed by atoms with E-state index in [1.807, 2.05) is 12.1 Å². The zero-order valence-electron chi connectivity index (χ0n) is 8.90. The van der Waals surface area contributed by atoms with Gasteiger partial charge >= 0.3 is 0 Å². The molecule has 15 heavy (non-hydrogen) atoms. The van der Waals surface area contributed by atoms with Crippen LogP contribution < -0.4 is 5.73 Å². The van der Waals surface area contributed by atoms with Gasteiger partial charge < -0.3 is 10.7 Å². The second kappa shape index (κ2) is 4.40. The van der Waals surface area contributed by atoms with Crippen LogP contribution in [0, 0.1) is 0 Å². The molecule has 0 aromatic carbocycles. The minimum atomic E-state index is 0.323. The van der Waals surface area contributed by atoms with Crippen molar-refractivity contribution in [2.24, 2.45) is 5.73 Å². The highest BCUT2D eigenvalue weighted by Crippen LogP contribution is 2.19. The minimum absolute atomic E-state index is 0.323. The number of rotatable bonds is 4. The monoisotopic (exact) mass is 204 g/mol. The Hall–Kier alpha value is -1.42. The molecule has 0 amide bonds. The molecule has 1 atom stereocenters. The fourth-order valence-electron chi connectivity index (χ4n) is 1.77. The van der Waals surface area contributed by atoms with Crippen LogP contribution >= 0.6 is 0 Å². The van der Waals surface area contributed by atoms with Crippen LogP contribution in [0.4, 0.5) is 0 Å². The van der Waals surface area contributed by atoms with E-state index < -0.39 is 0 Å². The number of pyridine rings is 1. The average molecular weight is 204 g/mol. The van der Waals surface area contributed by atoms with Crippen molar-refractivity contribution in [3.05, 3.63) is 24.2 Å². The molecule has 0 radical (unpaired) electrons. The molecule has 0 spiro atoms. The molecular weight excluding hydrogens is 188 g/mol. The molecule has 4 nitrogen and oxygen atoms in total. The lowest BCUT2D eigenvalue weighted by molar-refractivity contribution is 0.596. The molecule has 4 heteroatoms. The lowest BCUT2D eigenvalue weighted by Gasteiger charge is -2.09. The summed E-state index contributed by atoms with van der Waals surface area (Å²) in [6, 6.07) is 3.89. The third kappa shape index (κ3) is 1.99. The highest BCUT2D eigenvalue weighted by molar-refractivity contribution is 5.70. The van der Waals surface area contributed by atoms with Crippen molar-refractivity contribution in [1.29, 1.82) is 0 Å². The summed E-state index contributed by atoms with van der Waals surface area (Å²) < 4.78 is 0. The average Bonchev–Trinajstić information content (AvgIpc) is 2.69. The Labute approximate surface area is 88.9 Å². The standard InChI is InChI=1S/C11H16N4/c1-2-4-8(7-12)10-14-9-5-3-6-13-11(9)15-10/h3,5-6,8H,2,4,7,12H2,1H3,(H,13,14,15). The Kier molecular flexibility index (Phi) is 2.97. The summed E-state index contributed by atoms with van der Waals surface area (Å²) in [5.41, 5.74) is 7.50. The number of nitrogens with zero attached hydrogens (tertiary/aromatic N) is 2. The summed E-state index contributed by atoms with van der Waals surface area (Å²) in [7, 11) is 0. The molecule has 2 rings (SSSR count). The molecule has 80 valence electrons. The van der Waals surface area contributed by atoms with Gasteiger partial charge in [0.2, 0.25) is 0 Å². The Morgan fingerprint density at radius 3 is 3.07 bits per heavy atom. The van der Waals surface area contributed by atoms with Gasteiger partial charge in [-0.2, -0.15) is 0 Å². The van der Waals surface area contributed by atoms with Crippen LogP contribution in [0.2, 0.25) is 0 Å². The van der Waals surface area contributed by atoms with E-state index in [-0.39, 0.29) is 0 Å². The molecule has 0 saturated heterocycles. The van der Waals surface area contributed by atoms with Gasteiger partial charge in [0.15, 0.2) is 5.65 Å². The van der Waals surface area contributed by atoms with Crippen LogP contribution in [0.25, 0.3) is 11.2 Å². The number of hydrogen-bond donors (Lipinski definition) is 2. The Bertz CT molecular complexity index is 402. The number of nitrogens with two attached hydrogens (primary N) is 1. The van der Waals surface area contributed by atoms with Crippen LogP contribution in [0.3, 0.4) is 0 Å². The quantitative estimate of drug-likeness (QED) is 0.798. The molecule has 2 aromatic rings. The van der Waals surface area contributed by atoms with Crippen molar-refractivity contribution in [2.75, 3.05) is 6.54 Å². The van der Waals surface area contributed by atoms with E-state index in [1.165, 1.54) is 0 Å². The lowest BCUT2D eigenvalue weighted by Crippen LogP contribution is -2.13. The van der Waals surface area contributed by atoms with Crippen molar-refractivity contribution < 1.29 is 0 Å². The van der Waals surface area contributed by atoms with Crippen LogP contribution in [0.15, 0.2) is 18.3 Å². The van der Waals surface area contributed by atoms with E-state index in [0.717, 1.165) is 29.8 Å². The van der Waals surface area contributed by atoms with Gasteiger partial charge in [0.25, 0.3) is 0 Å². The zero-order valence-corrected chi connectivity index (χ0v) is 8.90. The second-order valence-corrected chi connectivity index (χ2v) is 3.72. The second-order valence-electron chi connectivity index (χ2n) is 3.72. The maximum atomic E-state index is 5.73. The fraction of sp³-hybridized carbons (Fsp3) is 0.455. The molecule has 0 aliphatic carbocycles. The third-order valence-electron chi connectivity index (χ3n) is 2.58. The molecule has 2 heterocycles. The number of aromatic amines is 1. The number of hydrogen-bond acceptors (Lipinski definition) is 3. The Balaban J connectivity index is 2.34. The molecule has 0 bridgehead atoms. The van der Waals surface area contributed by atoms with Crippen molar-refractivity contribution in [3.8, 4) is 0 Å². The number of nitrogens with one attached hydrogen (secondary N) is 1. The number of aromatic nitrogens is 3. The summed E-state index contributed by atoms with van der Waals surface area (Å²) >= 11 is 0. The summed E-state index contributed by atoms with van der Waals surface area (Å²) in [4.78, 5) is 11.9. The first-order valence-electron chi connectivity index (χ1n) is 5.35. The van der Waals surface area contributed by atoms with E-state index in [4.69, 9.17) is 5.73 Å². The van der Waals surface area contributed by atoms with Gasteiger partial charge in [0.1, 0.15) is 5.82 Å². The first-order valence-corrected chi connectivity index (χ1v) is 5.35. The van der Waals surface area contributed by atoms with Crippen molar-refractivity contribution >= 4 is 11.2 Å². The van der Waals surface area contributed by atoms with Crippen LogP contribution in [-0.2, 0) is 0 Å². The maximum absolute atomic E-state index is 5.73. The van der Waals surface area contributed by atoms with Gasteiger partial charge in [-0.3, -0.25) is 0 Å². The molecular formula is C11H16N4. The predicted octanol–water partition coefficient (Wildman–Crippen LogP) is 1.80. The van der Waals surface area contributed by atoms with Crippen LogP contribution in [0.1, 0.15) is 31.5 Å². The van der Waals surface area contributed by atoms with Crippen molar-refractivity contribution in [3.63, 3.8) is 0 Å². The number of H-pyrrole nitrogens is 1. The molecule has 0 saturated carbocycles. The molecule has 3 N–H and O–H groups in total.